The second kappa shape index (κ2) is 8.69. The van der Waals surface area contributed by atoms with Crippen molar-refractivity contribution in [1.82, 2.24) is 4.90 Å². The van der Waals surface area contributed by atoms with E-state index in [2.05, 4.69) is 0 Å². The standard InChI is InChI=1S/C25H24FNO6/c1-25(2,3)33-24(30)27-12-4-5-20(27)23(29)32-17-10-11-18-21(13-17)31-14-19(22(18)28)15-6-8-16(26)9-7-15/h6-11,13-14,20H,4-5,12H2,1-3H3/t20-/m0/s1. The molecule has 0 radical (unpaired) electrons. The summed E-state index contributed by atoms with van der Waals surface area (Å²) in [6.45, 7) is 5.70. The third kappa shape index (κ3) is 4.89. The molecule has 4 rings (SSSR count). The van der Waals surface area contributed by atoms with Gasteiger partial charge < -0.3 is 13.9 Å². The van der Waals surface area contributed by atoms with Gasteiger partial charge >= 0.3 is 12.1 Å². The molecular formula is C25H24FNO6. The Morgan fingerprint density at radius 2 is 1.85 bits per heavy atom. The van der Waals surface area contributed by atoms with Crippen LogP contribution in [0.3, 0.4) is 0 Å². The van der Waals surface area contributed by atoms with Gasteiger partial charge in [-0.3, -0.25) is 9.69 Å². The number of hydrogen-bond donors (Lipinski definition) is 0. The Bertz CT molecular complexity index is 1260. The predicted octanol–water partition coefficient (Wildman–Crippen LogP) is 4.90. The average Bonchev–Trinajstić information content (AvgIpc) is 3.24. The first-order valence-electron chi connectivity index (χ1n) is 10.7. The predicted molar refractivity (Wildman–Crippen MR) is 119 cm³/mol. The smallest absolute Gasteiger partial charge is 0.411 e. The number of amides is 1. The van der Waals surface area contributed by atoms with Gasteiger partial charge in [-0.2, -0.15) is 0 Å². The zero-order chi connectivity index (χ0) is 23.8. The molecule has 2 heterocycles. The van der Waals surface area contributed by atoms with Crippen molar-refractivity contribution in [3.05, 3.63) is 64.8 Å². The Balaban J connectivity index is 1.54. The molecule has 1 amide bonds. The van der Waals surface area contributed by atoms with E-state index >= 15 is 0 Å². The van der Waals surface area contributed by atoms with Crippen molar-refractivity contribution < 1.29 is 27.9 Å². The lowest BCUT2D eigenvalue weighted by molar-refractivity contribution is -0.139. The van der Waals surface area contributed by atoms with E-state index in [1.54, 1.807) is 20.8 Å². The van der Waals surface area contributed by atoms with Gasteiger partial charge in [0.05, 0.1) is 10.9 Å². The molecule has 3 aromatic rings. The minimum Gasteiger partial charge on any atom is -0.463 e. The highest BCUT2D eigenvalue weighted by Crippen LogP contribution is 2.26. The summed E-state index contributed by atoms with van der Waals surface area (Å²) in [7, 11) is 0. The van der Waals surface area contributed by atoms with Crippen molar-refractivity contribution in [3.63, 3.8) is 0 Å². The van der Waals surface area contributed by atoms with Crippen LogP contribution < -0.4 is 10.2 Å². The number of benzene rings is 2. The van der Waals surface area contributed by atoms with Gasteiger partial charge in [0, 0.05) is 12.6 Å². The molecule has 1 atom stereocenters. The van der Waals surface area contributed by atoms with Crippen LogP contribution in [0, 0.1) is 5.82 Å². The molecule has 33 heavy (non-hydrogen) atoms. The van der Waals surface area contributed by atoms with E-state index in [9.17, 15) is 18.8 Å². The fraction of sp³-hybridized carbons (Fsp3) is 0.320. The Kier molecular flexibility index (Phi) is 5.93. The third-order valence-corrected chi connectivity index (χ3v) is 5.27. The SMILES string of the molecule is CC(C)(C)OC(=O)N1CCC[C@H]1C(=O)Oc1ccc2c(=O)c(-c3ccc(F)cc3)coc2c1. The number of halogens is 1. The van der Waals surface area contributed by atoms with E-state index in [-0.39, 0.29) is 16.8 Å². The topological polar surface area (TPSA) is 86.0 Å². The van der Waals surface area contributed by atoms with Crippen LogP contribution in [0.2, 0.25) is 0 Å². The number of carbonyl (C=O) groups excluding carboxylic acids is 2. The number of nitrogens with zero attached hydrogens (tertiary/aromatic N) is 1. The minimum atomic E-state index is -0.747. The summed E-state index contributed by atoms with van der Waals surface area (Å²) >= 11 is 0. The van der Waals surface area contributed by atoms with Gasteiger partial charge in [-0.05, 0) is 63.4 Å². The number of esters is 1. The summed E-state index contributed by atoms with van der Waals surface area (Å²) < 4.78 is 29.7. The van der Waals surface area contributed by atoms with Gasteiger partial charge in [-0.15, -0.1) is 0 Å². The fourth-order valence-electron chi connectivity index (χ4n) is 3.74. The van der Waals surface area contributed by atoms with Crippen molar-refractivity contribution in [1.29, 1.82) is 0 Å². The number of ether oxygens (including phenoxy) is 2. The number of carbonyl (C=O) groups is 2. The third-order valence-electron chi connectivity index (χ3n) is 5.27. The summed E-state index contributed by atoms with van der Waals surface area (Å²) in [6.07, 6.45) is 1.88. The molecule has 2 aromatic carbocycles. The molecule has 1 aliphatic rings. The summed E-state index contributed by atoms with van der Waals surface area (Å²) in [4.78, 5) is 39.5. The first-order valence-corrected chi connectivity index (χ1v) is 10.7. The van der Waals surface area contributed by atoms with Crippen molar-refractivity contribution >= 4 is 23.0 Å². The van der Waals surface area contributed by atoms with Gasteiger partial charge in [0.2, 0.25) is 0 Å². The maximum absolute atomic E-state index is 13.2. The van der Waals surface area contributed by atoms with Crippen molar-refractivity contribution in [2.24, 2.45) is 0 Å². The van der Waals surface area contributed by atoms with Crippen LogP contribution in [-0.4, -0.2) is 35.2 Å². The number of hydrogen-bond acceptors (Lipinski definition) is 6. The van der Waals surface area contributed by atoms with E-state index in [1.165, 1.54) is 53.6 Å². The zero-order valence-electron chi connectivity index (χ0n) is 18.6. The summed E-state index contributed by atoms with van der Waals surface area (Å²) in [5, 5.41) is 0.299. The number of rotatable bonds is 3. The molecule has 0 N–H and O–H groups in total. The molecule has 1 saturated heterocycles. The second-order valence-electron chi connectivity index (χ2n) is 8.90. The molecule has 1 aliphatic heterocycles. The molecule has 1 fully saturated rings. The molecule has 172 valence electrons. The molecule has 0 spiro atoms. The van der Waals surface area contributed by atoms with Crippen LogP contribution in [0.1, 0.15) is 33.6 Å². The van der Waals surface area contributed by atoms with E-state index in [1.807, 2.05) is 0 Å². The fourth-order valence-corrected chi connectivity index (χ4v) is 3.74. The van der Waals surface area contributed by atoms with E-state index < -0.39 is 29.5 Å². The van der Waals surface area contributed by atoms with Gasteiger partial charge in [0.15, 0.2) is 5.43 Å². The van der Waals surface area contributed by atoms with Crippen molar-refractivity contribution in [3.8, 4) is 16.9 Å². The number of fused-ring (bicyclic) bond motifs is 1. The van der Waals surface area contributed by atoms with Gasteiger partial charge in [0.1, 0.15) is 35.1 Å². The summed E-state index contributed by atoms with van der Waals surface area (Å²) in [5.74, 6) is -0.785. The van der Waals surface area contributed by atoms with E-state index in [0.29, 0.717) is 35.9 Å². The Hall–Kier alpha value is -3.68. The highest BCUT2D eigenvalue weighted by atomic mass is 19.1. The maximum atomic E-state index is 13.2. The lowest BCUT2D eigenvalue weighted by Gasteiger charge is -2.27. The highest BCUT2D eigenvalue weighted by molar-refractivity contribution is 5.86. The average molecular weight is 453 g/mol. The molecule has 7 nitrogen and oxygen atoms in total. The normalized spacial score (nSPS) is 16.1. The molecule has 0 unspecified atom stereocenters. The molecule has 0 bridgehead atoms. The summed E-state index contributed by atoms with van der Waals surface area (Å²) in [6, 6.07) is 9.26. The molecule has 1 aromatic heterocycles. The van der Waals surface area contributed by atoms with Crippen LogP contribution in [0.4, 0.5) is 9.18 Å². The highest BCUT2D eigenvalue weighted by Gasteiger charge is 2.38. The van der Waals surface area contributed by atoms with Crippen LogP contribution >= 0.6 is 0 Å². The van der Waals surface area contributed by atoms with Crippen LogP contribution in [-0.2, 0) is 9.53 Å². The van der Waals surface area contributed by atoms with Crippen molar-refractivity contribution in [2.45, 2.75) is 45.3 Å². The zero-order valence-corrected chi connectivity index (χ0v) is 18.6. The Labute approximate surface area is 189 Å². The molecule has 0 aliphatic carbocycles. The second-order valence-corrected chi connectivity index (χ2v) is 8.90. The Morgan fingerprint density at radius 3 is 2.55 bits per heavy atom. The lowest BCUT2D eigenvalue weighted by Crippen LogP contribution is -2.44. The number of likely N-dealkylation sites (tertiary alicyclic amines) is 1. The largest absolute Gasteiger partial charge is 0.463 e. The van der Waals surface area contributed by atoms with Gasteiger partial charge in [0.25, 0.3) is 0 Å². The van der Waals surface area contributed by atoms with Gasteiger partial charge in [-0.25, -0.2) is 14.0 Å². The maximum Gasteiger partial charge on any atom is 0.411 e. The van der Waals surface area contributed by atoms with Gasteiger partial charge in [-0.1, -0.05) is 12.1 Å². The van der Waals surface area contributed by atoms with Crippen molar-refractivity contribution in [2.75, 3.05) is 6.54 Å². The summed E-state index contributed by atoms with van der Waals surface area (Å²) in [5.41, 5.74) is 0.119. The van der Waals surface area contributed by atoms with E-state index in [0.717, 1.165) is 0 Å². The first-order chi connectivity index (χ1) is 15.6. The first kappa shape index (κ1) is 22.5. The molecule has 8 heteroatoms. The Morgan fingerprint density at radius 1 is 1.12 bits per heavy atom. The lowest BCUT2D eigenvalue weighted by atomic mass is 10.1. The minimum absolute atomic E-state index is 0.196. The van der Waals surface area contributed by atoms with Crippen LogP contribution in [0.15, 0.2) is 57.9 Å². The van der Waals surface area contributed by atoms with Crippen LogP contribution in [0.25, 0.3) is 22.1 Å². The van der Waals surface area contributed by atoms with E-state index in [4.69, 9.17) is 13.9 Å². The van der Waals surface area contributed by atoms with Crippen LogP contribution in [0.5, 0.6) is 5.75 Å². The molecular weight excluding hydrogens is 429 g/mol. The monoisotopic (exact) mass is 453 g/mol. The quantitative estimate of drug-likeness (QED) is 0.414. The molecule has 0 saturated carbocycles.